The molecule has 1 aromatic heterocycles. The number of rotatable bonds is 4. The molecule has 1 rings (SSSR count). The molecule has 0 aliphatic carbocycles. The third kappa shape index (κ3) is 2.90. The van der Waals surface area contributed by atoms with Gasteiger partial charge in [0.1, 0.15) is 0 Å². The Morgan fingerprint density at radius 1 is 1.17 bits per heavy atom. The first-order chi connectivity index (χ1) is 8.20. The lowest BCUT2D eigenvalue weighted by Crippen LogP contribution is -2.23. The fraction of sp³-hybridized carbons (Fsp3) is 0.688. The van der Waals surface area contributed by atoms with Crippen molar-refractivity contribution in [2.45, 2.75) is 72.1 Å². The molecule has 0 bridgehead atoms. The van der Waals surface area contributed by atoms with E-state index in [0.29, 0.717) is 5.92 Å². The van der Waals surface area contributed by atoms with Crippen LogP contribution in [0, 0.1) is 5.95 Å². The highest BCUT2D eigenvalue weighted by atomic mass is 19.1. The van der Waals surface area contributed by atoms with Gasteiger partial charge in [0.05, 0.1) is 5.69 Å². The Hall–Kier alpha value is -0.920. The van der Waals surface area contributed by atoms with E-state index in [1.807, 2.05) is 0 Å². The molecule has 1 heterocycles. The molecule has 18 heavy (non-hydrogen) atoms. The first kappa shape index (κ1) is 15.1. The maximum absolute atomic E-state index is 13.7. The van der Waals surface area contributed by atoms with Crippen LogP contribution in [-0.2, 0) is 5.41 Å². The molecule has 0 radical (unpaired) electrons. The molecule has 1 aromatic rings. The van der Waals surface area contributed by atoms with Gasteiger partial charge in [0.15, 0.2) is 0 Å². The minimum absolute atomic E-state index is 0.0416. The van der Waals surface area contributed by atoms with Gasteiger partial charge in [-0.2, -0.15) is 4.39 Å². The van der Waals surface area contributed by atoms with Crippen LogP contribution in [-0.4, -0.2) is 4.98 Å². The maximum Gasteiger partial charge on any atom is 0.213 e. The van der Waals surface area contributed by atoms with Crippen LogP contribution in [0.5, 0.6) is 0 Å². The number of nitrogens with zero attached hydrogens (tertiary/aromatic N) is 1. The molecular weight excluding hydrogens is 225 g/mol. The molecule has 2 heteroatoms. The summed E-state index contributed by atoms with van der Waals surface area (Å²) < 4.78 is 13.7. The Morgan fingerprint density at radius 2 is 1.72 bits per heavy atom. The second-order valence-electron chi connectivity index (χ2n) is 6.34. The van der Waals surface area contributed by atoms with Crippen LogP contribution in [0.1, 0.15) is 83.5 Å². The molecule has 102 valence electrons. The summed E-state index contributed by atoms with van der Waals surface area (Å²) in [5.41, 5.74) is 3.32. The van der Waals surface area contributed by atoms with Gasteiger partial charge in [0.25, 0.3) is 0 Å². The summed E-state index contributed by atoms with van der Waals surface area (Å²) in [6.45, 7) is 15.0. The Bertz CT molecular complexity index is 390. The Kier molecular flexibility index (Phi) is 4.52. The quantitative estimate of drug-likeness (QED) is 0.674. The molecule has 0 fully saturated rings. The third-order valence-corrected chi connectivity index (χ3v) is 3.78. The van der Waals surface area contributed by atoms with Crippen molar-refractivity contribution in [2.75, 3.05) is 0 Å². The molecule has 0 saturated heterocycles. The smallest absolute Gasteiger partial charge is 0.213 e. The molecule has 1 nitrogen and oxygen atoms in total. The van der Waals surface area contributed by atoms with Gasteiger partial charge in [-0.05, 0) is 40.9 Å². The predicted molar refractivity (Wildman–Crippen MR) is 75.7 cm³/mol. The van der Waals surface area contributed by atoms with Crippen molar-refractivity contribution < 1.29 is 4.39 Å². The van der Waals surface area contributed by atoms with Gasteiger partial charge in [0.2, 0.25) is 5.95 Å². The molecule has 0 amide bonds. The van der Waals surface area contributed by atoms with E-state index in [1.165, 1.54) is 5.56 Å². The zero-order valence-corrected chi connectivity index (χ0v) is 12.8. The van der Waals surface area contributed by atoms with E-state index < -0.39 is 0 Å². The molecule has 0 N–H and O–H groups in total. The number of aromatic nitrogens is 1. The monoisotopic (exact) mass is 251 g/mol. The minimum Gasteiger partial charge on any atom is -0.224 e. The minimum atomic E-state index is -0.349. The van der Waals surface area contributed by atoms with E-state index >= 15 is 0 Å². The van der Waals surface area contributed by atoms with Crippen LogP contribution in [0.25, 0.3) is 0 Å². The van der Waals surface area contributed by atoms with E-state index in [9.17, 15) is 4.39 Å². The Labute approximate surface area is 111 Å². The van der Waals surface area contributed by atoms with Crippen LogP contribution >= 0.6 is 0 Å². The lowest BCUT2D eigenvalue weighted by atomic mass is 9.75. The van der Waals surface area contributed by atoms with E-state index in [1.54, 1.807) is 6.07 Å². The molecule has 0 unspecified atom stereocenters. The fourth-order valence-electron chi connectivity index (χ4n) is 2.34. The summed E-state index contributed by atoms with van der Waals surface area (Å²) in [5, 5.41) is 0. The highest BCUT2D eigenvalue weighted by Gasteiger charge is 2.28. The van der Waals surface area contributed by atoms with Gasteiger partial charge < -0.3 is 0 Å². The lowest BCUT2D eigenvalue weighted by Gasteiger charge is -2.31. The molecule has 0 atom stereocenters. The van der Waals surface area contributed by atoms with Gasteiger partial charge >= 0.3 is 0 Å². The highest BCUT2D eigenvalue weighted by Crippen LogP contribution is 2.37. The zero-order chi connectivity index (χ0) is 14.1. The first-order valence-corrected chi connectivity index (χ1v) is 6.91. The van der Waals surface area contributed by atoms with Gasteiger partial charge in [-0.3, -0.25) is 0 Å². The van der Waals surface area contributed by atoms with Crippen molar-refractivity contribution in [3.8, 4) is 0 Å². The van der Waals surface area contributed by atoms with E-state index in [-0.39, 0.29) is 17.3 Å². The summed E-state index contributed by atoms with van der Waals surface area (Å²) in [5.74, 6) is 0.220. The number of halogens is 1. The number of pyridine rings is 1. The third-order valence-electron chi connectivity index (χ3n) is 3.78. The van der Waals surface area contributed by atoms with Crippen molar-refractivity contribution in [2.24, 2.45) is 0 Å². The normalized spacial score (nSPS) is 12.6. The second-order valence-corrected chi connectivity index (χ2v) is 6.34. The Morgan fingerprint density at radius 3 is 2.11 bits per heavy atom. The number of hydrogen-bond acceptors (Lipinski definition) is 1. The predicted octanol–water partition coefficient (Wildman–Crippen LogP) is 5.16. The van der Waals surface area contributed by atoms with Gasteiger partial charge in [-0.15, -0.1) is 0 Å². The van der Waals surface area contributed by atoms with Crippen LogP contribution in [0.2, 0.25) is 0 Å². The van der Waals surface area contributed by atoms with Crippen molar-refractivity contribution in [3.05, 3.63) is 28.8 Å². The molecule has 0 aliphatic heterocycles. The van der Waals surface area contributed by atoms with Crippen LogP contribution < -0.4 is 0 Å². The van der Waals surface area contributed by atoms with Gasteiger partial charge in [-0.1, -0.05) is 48.5 Å². The van der Waals surface area contributed by atoms with Gasteiger partial charge in [-0.25, -0.2) is 4.98 Å². The second kappa shape index (κ2) is 5.38. The van der Waals surface area contributed by atoms with Crippen molar-refractivity contribution >= 4 is 0 Å². The van der Waals surface area contributed by atoms with Crippen molar-refractivity contribution in [1.29, 1.82) is 0 Å². The van der Waals surface area contributed by atoms with Crippen LogP contribution in [0.15, 0.2) is 6.07 Å². The average Bonchev–Trinajstić information content (AvgIpc) is 2.27. The largest absolute Gasteiger partial charge is 0.224 e. The van der Waals surface area contributed by atoms with E-state index in [2.05, 4.69) is 53.5 Å². The summed E-state index contributed by atoms with van der Waals surface area (Å²) in [4.78, 5) is 4.16. The summed E-state index contributed by atoms with van der Waals surface area (Å²) >= 11 is 0. The van der Waals surface area contributed by atoms with E-state index in [0.717, 1.165) is 17.7 Å². The van der Waals surface area contributed by atoms with E-state index in [4.69, 9.17) is 0 Å². The maximum atomic E-state index is 13.7. The molecule has 0 saturated carbocycles. The van der Waals surface area contributed by atoms with Crippen molar-refractivity contribution in [1.82, 2.24) is 4.98 Å². The topological polar surface area (TPSA) is 12.9 Å². The van der Waals surface area contributed by atoms with Crippen LogP contribution in [0.3, 0.4) is 0 Å². The summed E-state index contributed by atoms with van der Waals surface area (Å²) in [6.07, 6.45) is 1.03. The summed E-state index contributed by atoms with van der Waals surface area (Å²) in [7, 11) is 0. The average molecular weight is 251 g/mol. The highest BCUT2D eigenvalue weighted by molar-refractivity contribution is 5.40. The van der Waals surface area contributed by atoms with Crippen molar-refractivity contribution in [3.63, 3.8) is 0 Å². The Balaban J connectivity index is 3.61. The standard InChI is InChI=1S/C16H26FN/c1-8-16(6,7)14-12(10(2)3)9-13(17)18-15(14)11(4)5/h9-11H,8H2,1-7H3. The zero-order valence-electron chi connectivity index (χ0n) is 12.8. The SMILES string of the molecule is CCC(C)(C)c1c(C(C)C)cc(F)nc1C(C)C. The fourth-order valence-corrected chi connectivity index (χ4v) is 2.34. The number of hydrogen-bond donors (Lipinski definition) is 0. The van der Waals surface area contributed by atoms with Crippen LogP contribution in [0.4, 0.5) is 4.39 Å². The molecular formula is C16H26FN. The summed E-state index contributed by atoms with van der Waals surface area (Å²) in [6, 6.07) is 1.61. The molecule has 0 aliphatic rings. The lowest BCUT2D eigenvalue weighted by molar-refractivity contribution is 0.475. The first-order valence-electron chi connectivity index (χ1n) is 6.91. The van der Waals surface area contributed by atoms with Gasteiger partial charge in [0, 0.05) is 0 Å². The molecule has 0 spiro atoms. The molecule has 0 aromatic carbocycles.